The lowest BCUT2D eigenvalue weighted by atomic mass is 9.97. The molecule has 2 atom stereocenters. The van der Waals surface area contributed by atoms with Gasteiger partial charge in [0.1, 0.15) is 0 Å². The van der Waals surface area contributed by atoms with Crippen molar-refractivity contribution in [3.63, 3.8) is 0 Å². The van der Waals surface area contributed by atoms with E-state index in [1.807, 2.05) is 0 Å². The van der Waals surface area contributed by atoms with Crippen LogP contribution in [0.1, 0.15) is 38.7 Å². The highest BCUT2D eigenvalue weighted by molar-refractivity contribution is 5.14. The monoisotopic (exact) mass is 290 g/mol. The van der Waals surface area contributed by atoms with Crippen LogP contribution in [0.2, 0.25) is 0 Å². The number of benzene rings is 1. The molecule has 1 fully saturated rings. The largest absolute Gasteiger partial charge is 0.396 e. The summed E-state index contributed by atoms with van der Waals surface area (Å²) in [4.78, 5) is 2.55. The van der Waals surface area contributed by atoms with E-state index in [0.29, 0.717) is 18.0 Å². The second-order valence-electron chi connectivity index (χ2n) is 6.59. The van der Waals surface area contributed by atoms with E-state index >= 15 is 0 Å². The predicted octanol–water partition coefficient (Wildman–Crippen LogP) is 2.65. The van der Waals surface area contributed by atoms with Crippen LogP contribution in [-0.2, 0) is 6.54 Å². The Morgan fingerprint density at radius 2 is 2.05 bits per heavy atom. The molecular weight excluding hydrogens is 260 g/mol. The second-order valence-corrected chi connectivity index (χ2v) is 6.59. The summed E-state index contributed by atoms with van der Waals surface area (Å²) in [7, 11) is 0. The van der Waals surface area contributed by atoms with Crippen molar-refractivity contribution in [2.24, 2.45) is 5.92 Å². The highest BCUT2D eigenvalue weighted by Gasteiger charge is 2.23. The normalized spacial score (nSPS) is 21.6. The lowest BCUT2D eigenvalue weighted by molar-refractivity contribution is 0.159. The van der Waals surface area contributed by atoms with Crippen LogP contribution in [0, 0.1) is 5.92 Å². The van der Waals surface area contributed by atoms with Gasteiger partial charge >= 0.3 is 0 Å². The molecule has 21 heavy (non-hydrogen) atoms. The van der Waals surface area contributed by atoms with Crippen molar-refractivity contribution in [3.8, 4) is 0 Å². The number of aliphatic hydroxyl groups excluding tert-OH is 1. The van der Waals surface area contributed by atoms with Crippen molar-refractivity contribution in [2.75, 3.05) is 19.7 Å². The first-order valence-electron chi connectivity index (χ1n) is 8.32. The van der Waals surface area contributed by atoms with Gasteiger partial charge in [0, 0.05) is 31.8 Å². The van der Waals surface area contributed by atoms with E-state index in [1.165, 1.54) is 24.9 Å². The molecule has 2 rings (SSSR count). The van der Waals surface area contributed by atoms with Crippen molar-refractivity contribution < 1.29 is 5.11 Å². The lowest BCUT2D eigenvalue weighted by Crippen LogP contribution is -2.50. The third-order valence-corrected chi connectivity index (χ3v) is 4.45. The van der Waals surface area contributed by atoms with E-state index in [1.54, 1.807) is 0 Å². The van der Waals surface area contributed by atoms with E-state index < -0.39 is 0 Å². The van der Waals surface area contributed by atoms with Crippen molar-refractivity contribution in [2.45, 2.75) is 51.7 Å². The molecule has 1 saturated heterocycles. The van der Waals surface area contributed by atoms with E-state index in [4.69, 9.17) is 0 Å². The molecule has 1 aliphatic heterocycles. The number of aliphatic hydroxyl groups is 1. The van der Waals surface area contributed by atoms with Crippen molar-refractivity contribution in [1.29, 1.82) is 0 Å². The van der Waals surface area contributed by atoms with E-state index in [0.717, 1.165) is 19.5 Å². The van der Waals surface area contributed by atoms with Crippen molar-refractivity contribution in [1.82, 2.24) is 10.2 Å². The molecule has 1 aromatic rings. The Morgan fingerprint density at radius 3 is 2.71 bits per heavy atom. The third-order valence-electron chi connectivity index (χ3n) is 4.45. The number of likely N-dealkylation sites (tertiary alicyclic amines) is 1. The van der Waals surface area contributed by atoms with Crippen LogP contribution < -0.4 is 5.32 Å². The lowest BCUT2D eigenvalue weighted by Gasteiger charge is -2.36. The standard InChI is InChI=1S/C18H30N2O/c1-15(2)18(10-12-21)19-17-9-6-11-20(14-17)13-16-7-4-3-5-8-16/h3-5,7-8,15,17-19,21H,6,9-14H2,1-2H3. The summed E-state index contributed by atoms with van der Waals surface area (Å²) >= 11 is 0. The van der Waals surface area contributed by atoms with Gasteiger partial charge in [0.2, 0.25) is 0 Å². The maximum atomic E-state index is 9.21. The summed E-state index contributed by atoms with van der Waals surface area (Å²) in [6.45, 7) is 8.10. The zero-order valence-corrected chi connectivity index (χ0v) is 13.5. The minimum absolute atomic E-state index is 0.274. The van der Waals surface area contributed by atoms with Crippen molar-refractivity contribution >= 4 is 0 Å². The van der Waals surface area contributed by atoms with Crippen molar-refractivity contribution in [3.05, 3.63) is 35.9 Å². The highest BCUT2D eigenvalue weighted by atomic mass is 16.3. The highest BCUT2D eigenvalue weighted by Crippen LogP contribution is 2.16. The van der Waals surface area contributed by atoms with Crippen LogP contribution in [0.5, 0.6) is 0 Å². The molecule has 0 aromatic heterocycles. The number of hydrogen-bond acceptors (Lipinski definition) is 3. The predicted molar refractivity (Wildman–Crippen MR) is 88.2 cm³/mol. The Bertz CT molecular complexity index is 393. The number of hydrogen-bond donors (Lipinski definition) is 2. The number of rotatable bonds is 7. The number of piperidine rings is 1. The van der Waals surface area contributed by atoms with Gasteiger partial charge in [-0.2, -0.15) is 0 Å². The van der Waals surface area contributed by atoms with Gasteiger partial charge in [-0.05, 0) is 37.3 Å². The first-order chi connectivity index (χ1) is 10.2. The first kappa shape index (κ1) is 16.5. The van der Waals surface area contributed by atoms with Gasteiger partial charge in [0.25, 0.3) is 0 Å². The van der Waals surface area contributed by atoms with Crippen LogP contribution in [0.25, 0.3) is 0 Å². The quantitative estimate of drug-likeness (QED) is 0.810. The molecular formula is C18H30N2O. The summed E-state index contributed by atoms with van der Waals surface area (Å²) in [5.41, 5.74) is 1.40. The van der Waals surface area contributed by atoms with Gasteiger partial charge in [-0.25, -0.2) is 0 Å². The number of nitrogens with zero attached hydrogens (tertiary/aromatic N) is 1. The van der Waals surface area contributed by atoms with Gasteiger partial charge < -0.3 is 10.4 Å². The fourth-order valence-electron chi connectivity index (χ4n) is 3.23. The molecule has 2 unspecified atom stereocenters. The summed E-state index contributed by atoms with van der Waals surface area (Å²) in [5, 5.41) is 13.0. The molecule has 1 aromatic carbocycles. The Kier molecular flexibility index (Phi) is 6.68. The molecule has 0 bridgehead atoms. The molecule has 1 aliphatic rings. The Balaban J connectivity index is 1.85. The van der Waals surface area contributed by atoms with Crippen LogP contribution in [-0.4, -0.2) is 41.8 Å². The van der Waals surface area contributed by atoms with Crippen LogP contribution in [0.4, 0.5) is 0 Å². The van der Waals surface area contributed by atoms with E-state index in [-0.39, 0.29) is 6.61 Å². The van der Waals surface area contributed by atoms with Gasteiger partial charge in [-0.3, -0.25) is 4.90 Å². The Labute approximate surface area is 129 Å². The summed E-state index contributed by atoms with van der Waals surface area (Å²) in [6, 6.07) is 11.7. The number of nitrogens with one attached hydrogen (secondary N) is 1. The van der Waals surface area contributed by atoms with Gasteiger partial charge in [-0.1, -0.05) is 44.2 Å². The molecule has 0 radical (unpaired) electrons. The average molecular weight is 290 g/mol. The summed E-state index contributed by atoms with van der Waals surface area (Å²) in [6.07, 6.45) is 3.36. The summed E-state index contributed by atoms with van der Waals surface area (Å²) in [5.74, 6) is 0.571. The Hall–Kier alpha value is -0.900. The smallest absolute Gasteiger partial charge is 0.0445 e. The molecule has 0 aliphatic carbocycles. The SMILES string of the molecule is CC(C)C(CCO)NC1CCCN(Cc2ccccc2)C1. The molecule has 0 spiro atoms. The van der Waals surface area contributed by atoms with Gasteiger partial charge in [0.05, 0.1) is 0 Å². The zero-order chi connectivity index (χ0) is 15.1. The minimum atomic E-state index is 0.274. The second kappa shape index (κ2) is 8.52. The fourth-order valence-corrected chi connectivity index (χ4v) is 3.23. The molecule has 0 amide bonds. The Morgan fingerprint density at radius 1 is 1.29 bits per heavy atom. The van der Waals surface area contributed by atoms with Gasteiger partial charge in [0.15, 0.2) is 0 Å². The summed E-state index contributed by atoms with van der Waals surface area (Å²) < 4.78 is 0. The first-order valence-corrected chi connectivity index (χ1v) is 8.32. The zero-order valence-electron chi connectivity index (χ0n) is 13.5. The van der Waals surface area contributed by atoms with Gasteiger partial charge in [-0.15, -0.1) is 0 Å². The molecule has 1 heterocycles. The molecule has 3 nitrogen and oxygen atoms in total. The minimum Gasteiger partial charge on any atom is -0.396 e. The van der Waals surface area contributed by atoms with Crippen LogP contribution in [0.15, 0.2) is 30.3 Å². The fraction of sp³-hybridized carbons (Fsp3) is 0.667. The van der Waals surface area contributed by atoms with Crippen LogP contribution >= 0.6 is 0 Å². The molecule has 3 heteroatoms. The maximum absolute atomic E-state index is 9.21. The third kappa shape index (κ3) is 5.42. The van der Waals surface area contributed by atoms with Crippen LogP contribution in [0.3, 0.4) is 0 Å². The van der Waals surface area contributed by atoms with E-state index in [9.17, 15) is 5.11 Å². The molecule has 2 N–H and O–H groups in total. The average Bonchev–Trinajstić information content (AvgIpc) is 2.48. The van der Waals surface area contributed by atoms with E-state index in [2.05, 4.69) is 54.4 Å². The molecule has 0 saturated carbocycles. The maximum Gasteiger partial charge on any atom is 0.0445 e. The topological polar surface area (TPSA) is 35.5 Å². The molecule has 118 valence electrons.